The van der Waals surface area contributed by atoms with Crippen molar-refractivity contribution in [3.63, 3.8) is 0 Å². The molecule has 7 heteroatoms. The minimum Gasteiger partial charge on any atom is -0.476 e. The maximum atomic E-state index is 13.2. The van der Waals surface area contributed by atoms with Crippen molar-refractivity contribution in [1.82, 2.24) is 19.6 Å². The Kier molecular flexibility index (Phi) is 2.94. The molecule has 0 bridgehead atoms. The molecule has 0 aliphatic rings. The van der Waals surface area contributed by atoms with Crippen molar-refractivity contribution < 1.29 is 14.3 Å². The number of carbonyl (C=O) groups is 1. The topological polar surface area (TPSA) is 72.9 Å². The number of carboxylic acids is 1. The van der Waals surface area contributed by atoms with Gasteiger partial charge in [0.1, 0.15) is 5.82 Å². The first-order valence-corrected chi connectivity index (χ1v) is 6.01. The van der Waals surface area contributed by atoms with E-state index >= 15 is 0 Å². The van der Waals surface area contributed by atoms with Crippen LogP contribution in [-0.2, 0) is 13.1 Å². The minimum absolute atomic E-state index is 0.0894. The second-order valence-corrected chi connectivity index (χ2v) is 4.38. The molecule has 0 amide bonds. The highest BCUT2D eigenvalue weighted by atomic mass is 19.1. The third-order valence-corrected chi connectivity index (χ3v) is 3.06. The molecule has 6 nitrogen and oxygen atoms in total. The summed E-state index contributed by atoms with van der Waals surface area (Å²) in [5.74, 6) is -1.39. The fourth-order valence-electron chi connectivity index (χ4n) is 2.07. The zero-order valence-electron chi connectivity index (χ0n) is 10.4. The van der Waals surface area contributed by atoms with E-state index in [-0.39, 0.29) is 11.5 Å². The molecule has 1 N–H and O–H groups in total. The lowest BCUT2D eigenvalue weighted by Gasteiger charge is -2.05. The average Bonchev–Trinajstić information content (AvgIpc) is 3.02. The Bertz CT molecular complexity index is 778. The molecular weight excluding hydrogens is 263 g/mol. The van der Waals surface area contributed by atoms with Gasteiger partial charge >= 0.3 is 5.97 Å². The summed E-state index contributed by atoms with van der Waals surface area (Å²) in [6, 6.07) is 6.51. The van der Waals surface area contributed by atoms with Crippen LogP contribution in [0.3, 0.4) is 0 Å². The van der Waals surface area contributed by atoms with E-state index in [1.807, 2.05) is 16.8 Å². The highest BCUT2D eigenvalue weighted by molar-refractivity contribution is 5.84. The van der Waals surface area contributed by atoms with Gasteiger partial charge in [0.15, 0.2) is 5.69 Å². The summed E-state index contributed by atoms with van der Waals surface area (Å²) in [7, 11) is 0. The Morgan fingerprint density at radius 1 is 1.30 bits per heavy atom. The molecule has 0 saturated heterocycles. The lowest BCUT2D eigenvalue weighted by atomic mass is 10.2. The first-order valence-electron chi connectivity index (χ1n) is 6.01. The molecule has 2 heterocycles. The second-order valence-electron chi connectivity index (χ2n) is 4.38. The molecule has 3 rings (SSSR count). The number of halogens is 1. The summed E-state index contributed by atoms with van der Waals surface area (Å²) in [4.78, 5) is 10.7. The third kappa shape index (κ3) is 2.25. The van der Waals surface area contributed by atoms with E-state index < -0.39 is 5.97 Å². The van der Waals surface area contributed by atoms with Crippen LogP contribution >= 0.6 is 0 Å². The summed E-state index contributed by atoms with van der Waals surface area (Å²) >= 11 is 0. The molecule has 0 aliphatic heterocycles. The van der Waals surface area contributed by atoms with Gasteiger partial charge in [-0.15, -0.1) is 5.10 Å². The maximum absolute atomic E-state index is 13.2. The molecule has 0 unspecified atom stereocenters. The highest BCUT2D eigenvalue weighted by Crippen LogP contribution is 2.17. The second kappa shape index (κ2) is 4.76. The van der Waals surface area contributed by atoms with Crippen LogP contribution < -0.4 is 0 Å². The van der Waals surface area contributed by atoms with E-state index in [1.54, 1.807) is 6.07 Å². The quantitative estimate of drug-likeness (QED) is 0.787. The summed E-state index contributed by atoms with van der Waals surface area (Å²) in [6.07, 6.45) is 3.23. The average molecular weight is 274 g/mol. The van der Waals surface area contributed by atoms with Gasteiger partial charge in [0, 0.05) is 12.7 Å². The van der Waals surface area contributed by atoms with Crippen LogP contribution in [0.4, 0.5) is 4.39 Å². The lowest BCUT2D eigenvalue weighted by Crippen LogP contribution is -2.07. The maximum Gasteiger partial charge on any atom is 0.358 e. The third-order valence-electron chi connectivity index (χ3n) is 3.06. The molecule has 0 saturated carbocycles. The molecule has 0 spiro atoms. The van der Waals surface area contributed by atoms with Gasteiger partial charge in [-0.2, -0.15) is 0 Å². The van der Waals surface area contributed by atoms with Gasteiger partial charge in [0.2, 0.25) is 0 Å². The Hall–Kier alpha value is -2.70. The van der Waals surface area contributed by atoms with Crippen molar-refractivity contribution >= 4 is 16.9 Å². The fourth-order valence-corrected chi connectivity index (χ4v) is 2.07. The van der Waals surface area contributed by atoms with E-state index in [0.717, 1.165) is 10.9 Å². The Morgan fingerprint density at radius 3 is 2.90 bits per heavy atom. The van der Waals surface area contributed by atoms with E-state index in [0.29, 0.717) is 13.1 Å². The number of carboxylic acid groups (broad SMARTS) is 1. The molecular formula is C13H11FN4O2. The van der Waals surface area contributed by atoms with Crippen molar-refractivity contribution in [1.29, 1.82) is 0 Å². The molecule has 102 valence electrons. The number of aryl methyl sites for hydroxylation is 2. The molecule has 0 atom stereocenters. The lowest BCUT2D eigenvalue weighted by molar-refractivity contribution is 0.0690. The van der Waals surface area contributed by atoms with Crippen molar-refractivity contribution in [3.8, 4) is 0 Å². The summed E-state index contributed by atoms with van der Waals surface area (Å²) in [5, 5.41) is 17.0. The fraction of sp³-hybridized carbons (Fsp3) is 0.154. The highest BCUT2D eigenvalue weighted by Gasteiger charge is 2.08. The molecule has 20 heavy (non-hydrogen) atoms. The Balaban J connectivity index is 1.79. The van der Waals surface area contributed by atoms with E-state index in [4.69, 9.17) is 5.11 Å². The smallest absolute Gasteiger partial charge is 0.358 e. The van der Waals surface area contributed by atoms with Gasteiger partial charge in [-0.25, -0.2) is 13.9 Å². The zero-order chi connectivity index (χ0) is 14.1. The molecule has 0 radical (unpaired) electrons. The Labute approximate surface area is 113 Å². The molecule has 0 aliphatic carbocycles. The summed E-state index contributed by atoms with van der Waals surface area (Å²) in [6.45, 7) is 1.01. The summed E-state index contributed by atoms with van der Waals surface area (Å²) in [5.41, 5.74) is 0.706. The van der Waals surface area contributed by atoms with Crippen LogP contribution in [0, 0.1) is 5.82 Å². The van der Waals surface area contributed by atoms with Gasteiger partial charge in [-0.05, 0) is 29.7 Å². The predicted octanol–water partition coefficient (Wildman–Crippen LogP) is 1.77. The SMILES string of the molecule is O=C(O)c1cn(CCn2ccc3ccc(F)cc32)nn1. The molecule has 0 fully saturated rings. The number of aromatic nitrogens is 4. The first kappa shape index (κ1) is 12.3. The number of fused-ring (bicyclic) bond motifs is 1. The Morgan fingerprint density at radius 2 is 2.15 bits per heavy atom. The largest absolute Gasteiger partial charge is 0.476 e. The van der Waals surface area contributed by atoms with Gasteiger partial charge in [0.05, 0.1) is 18.3 Å². The van der Waals surface area contributed by atoms with E-state index in [2.05, 4.69) is 10.3 Å². The van der Waals surface area contributed by atoms with Crippen molar-refractivity contribution in [2.75, 3.05) is 0 Å². The van der Waals surface area contributed by atoms with E-state index in [1.165, 1.54) is 23.0 Å². The van der Waals surface area contributed by atoms with Gasteiger partial charge in [-0.1, -0.05) is 5.21 Å². The molecule has 1 aromatic carbocycles. The number of benzene rings is 1. The monoisotopic (exact) mass is 274 g/mol. The van der Waals surface area contributed by atoms with Crippen LogP contribution in [-0.4, -0.2) is 30.6 Å². The predicted molar refractivity (Wildman–Crippen MR) is 68.9 cm³/mol. The summed E-state index contributed by atoms with van der Waals surface area (Å²) < 4.78 is 16.6. The standard InChI is InChI=1S/C13H11FN4O2/c14-10-2-1-9-3-4-17(12(9)7-10)5-6-18-8-11(13(19)20)15-16-18/h1-4,7-8H,5-6H2,(H,19,20). The number of aromatic carboxylic acids is 1. The number of hydrogen-bond donors (Lipinski definition) is 1. The first-order chi connectivity index (χ1) is 9.63. The van der Waals surface area contributed by atoms with Crippen LogP contribution in [0.15, 0.2) is 36.7 Å². The molecule has 3 aromatic rings. The van der Waals surface area contributed by atoms with Crippen molar-refractivity contribution in [3.05, 3.63) is 48.2 Å². The van der Waals surface area contributed by atoms with E-state index in [9.17, 15) is 9.18 Å². The van der Waals surface area contributed by atoms with Crippen LogP contribution in [0.5, 0.6) is 0 Å². The van der Waals surface area contributed by atoms with Crippen LogP contribution in [0.2, 0.25) is 0 Å². The normalized spacial score (nSPS) is 11.1. The van der Waals surface area contributed by atoms with Gasteiger partial charge in [-0.3, -0.25) is 0 Å². The number of nitrogens with zero attached hydrogens (tertiary/aromatic N) is 4. The number of hydrogen-bond acceptors (Lipinski definition) is 3. The van der Waals surface area contributed by atoms with Crippen LogP contribution in [0.25, 0.3) is 10.9 Å². The van der Waals surface area contributed by atoms with Gasteiger partial charge in [0.25, 0.3) is 0 Å². The van der Waals surface area contributed by atoms with Gasteiger partial charge < -0.3 is 9.67 Å². The van der Waals surface area contributed by atoms with Crippen molar-refractivity contribution in [2.24, 2.45) is 0 Å². The number of rotatable bonds is 4. The molecule has 2 aromatic heterocycles. The van der Waals surface area contributed by atoms with Crippen LogP contribution in [0.1, 0.15) is 10.5 Å². The zero-order valence-corrected chi connectivity index (χ0v) is 10.4. The van der Waals surface area contributed by atoms with Crippen molar-refractivity contribution in [2.45, 2.75) is 13.1 Å². The minimum atomic E-state index is -1.11.